The van der Waals surface area contributed by atoms with Crippen LogP contribution < -0.4 is 5.32 Å². The molecule has 0 aromatic rings. The summed E-state index contributed by atoms with van der Waals surface area (Å²) in [6.07, 6.45) is 9.53. The molecule has 1 aliphatic carbocycles. The summed E-state index contributed by atoms with van der Waals surface area (Å²) in [5, 5.41) is 3.57. The highest BCUT2D eigenvalue weighted by Gasteiger charge is 2.39. The molecule has 2 nitrogen and oxygen atoms in total. The topological polar surface area (TPSA) is 15.3 Å². The molecule has 0 bridgehead atoms. The summed E-state index contributed by atoms with van der Waals surface area (Å²) >= 11 is 0. The van der Waals surface area contributed by atoms with Crippen LogP contribution in [0.3, 0.4) is 0 Å². The first kappa shape index (κ1) is 11.0. The Morgan fingerprint density at radius 2 is 2.07 bits per heavy atom. The minimum Gasteiger partial charge on any atom is -0.297 e. The molecule has 2 atom stereocenters. The number of likely N-dealkylation sites (tertiary alicyclic amines) is 1. The standard InChI is InChI=1S/C13H22N2/c1-5-13(3,4)14-11-8-10(2)15(9-11)12-6-7-12/h1,10-12,14H,6-9H2,2-4H3. The highest BCUT2D eigenvalue weighted by atomic mass is 15.3. The third-order valence-electron chi connectivity index (χ3n) is 3.56. The second-order valence-electron chi connectivity index (χ2n) is 5.62. The van der Waals surface area contributed by atoms with Crippen LogP contribution in [0.15, 0.2) is 0 Å². The smallest absolute Gasteiger partial charge is 0.0743 e. The molecule has 1 saturated carbocycles. The molecular formula is C13H22N2. The summed E-state index contributed by atoms with van der Waals surface area (Å²) in [7, 11) is 0. The molecule has 0 amide bonds. The molecule has 0 spiro atoms. The van der Waals surface area contributed by atoms with Gasteiger partial charge in [0.2, 0.25) is 0 Å². The van der Waals surface area contributed by atoms with Crippen LogP contribution in [-0.4, -0.2) is 35.1 Å². The summed E-state index contributed by atoms with van der Waals surface area (Å²) in [4.78, 5) is 2.64. The maximum Gasteiger partial charge on any atom is 0.0743 e. The Balaban J connectivity index is 1.89. The molecule has 2 aliphatic rings. The average molecular weight is 206 g/mol. The SMILES string of the molecule is C#CC(C)(C)NC1CC(C)N(C2CC2)C1. The largest absolute Gasteiger partial charge is 0.297 e. The van der Waals surface area contributed by atoms with E-state index in [1.165, 1.54) is 25.8 Å². The number of rotatable bonds is 3. The lowest BCUT2D eigenvalue weighted by atomic mass is 10.0. The number of terminal acetylenes is 1. The molecule has 15 heavy (non-hydrogen) atoms. The van der Waals surface area contributed by atoms with Gasteiger partial charge < -0.3 is 0 Å². The van der Waals surface area contributed by atoms with E-state index in [4.69, 9.17) is 6.42 Å². The predicted molar refractivity (Wildman–Crippen MR) is 63.6 cm³/mol. The van der Waals surface area contributed by atoms with Crippen molar-refractivity contribution in [3.8, 4) is 12.3 Å². The van der Waals surface area contributed by atoms with Gasteiger partial charge in [0.1, 0.15) is 0 Å². The van der Waals surface area contributed by atoms with Gasteiger partial charge in [0.15, 0.2) is 0 Å². The summed E-state index contributed by atoms with van der Waals surface area (Å²) in [6, 6.07) is 2.18. The number of nitrogens with one attached hydrogen (secondary N) is 1. The van der Waals surface area contributed by atoms with Crippen molar-refractivity contribution in [1.82, 2.24) is 10.2 Å². The van der Waals surface area contributed by atoms with Crippen molar-refractivity contribution in [2.45, 2.75) is 63.7 Å². The Labute approximate surface area is 93.4 Å². The Morgan fingerprint density at radius 1 is 1.40 bits per heavy atom. The Bertz CT molecular complexity index is 273. The van der Waals surface area contributed by atoms with E-state index in [1.54, 1.807) is 0 Å². The van der Waals surface area contributed by atoms with E-state index < -0.39 is 0 Å². The van der Waals surface area contributed by atoms with Crippen LogP contribution >= 0.6 is 0 Å². The molecule has 2 heteroatoms. The second kappa shape index (κ2) is 3.81. The molecule has 1 aliphatic heterocycles. The van der Waals surface area contributed by atoms with Crippen LogP contribution in [0.1, 0.15) is 40.0 Å². The first-order chi connectivity index (χ1) is 7.02. The van der Waals surface area contributed by atoms with Crippen molar-refractivity contribution in [3.63, 3.8) is 0 Å². The number of hydrogen-bond acceptors (Lipinski definition) is 2. The highest BCUT2D eigenvalue weighted by molar-refractivity contribution is 5.10. The van der Waals surface area contributed by atoms with Crippen LogP contribution in [-0.2, 0) is 0 Å². The molecular weight excluding hydrogens is 184 g/mol. The molecule has 1 saturated heterocycles. The maximum atomic E-state index is 5.50. The lowest BCUT2D eigenvalue weighted by molar-refractivity contribution is 0.253. The van der Waals surface area contributed by atoms with Gasteiger partial charge in [0.05, 0.1) is 5.54 Å². The van der Waals surface area contributed by atoms with E-state index in [0.29, 0.717) is 6.04 Å². The van der Waals surface area contributed by atoms with Crippen LogP contribution in [0.2, 0.25) is 0 Å². The monoisotopic (exact) mass is 206 g/mol. The van der Waals surface area contributed by atoms with Gasteiger partial charge in [-0.25, -0.2) is 0 Å². The van der Waals surface area contributed by atoms with Gasteiger partial charge in [-0.2, -0.15) is 0 Å². The van der Waals surface area contributed by atoms with Gasteiger partial charge in [-0.1, -0.05) is 5.92 Å². The fraction of sp³-hybridized carbons (Fsp3) is 0.846. The lowest BCUT2D eigenvalue weighted by Crippen LogP contribution is -2.46. The quantitative estimate of drug-likeness (QED) is 0.706. The van der Waals surface area contributed by atoms with Crippen molar-refractivity contribution < 1.29 is 0 Å². The van der Waals surface area contributed by atoms with Crippen molar-refractivity contribution in [1.29, 1.82) is 0 Å². The minimum atomic E-state index is -0.163. The Morgan fingerprint density at radius 3 is 2.60 bits per heavy atom. The number of nitrogens with zero attached hydrogens (tertiary/aromatic N) is 1. The van der Waals surface area contributed by atoms with Crippen LogP contribution in [0.25, 0.3) is 0 Å². The minimum absolute atomic E-state index is 0.163. The summed E-state index contributed by atoms with van der Waals surface area (Å²) in [5.74, 6) is 2.81. The van der Waals surface area contributed by atoms with E-state index in [9.17, 15) is 0 Å². The fourth-order valence-electron chi connectivity index (χ4n) is 2.63. The zero-order valence-electron chi connectivity index (χ0n) is 10.1. The van der Waals surface area contributed by atoms with Gasteiger partial charge in [-0.3, -0.25) is 10.2 Å². The predicted octanol–water partition coefficient (Wildman–Crippen LogP) is 1.61. The van der Waals surface area contributed by atoms with Gasteiger partial charge in [-0.15, -0.1) is 6.42 Å². The third-order valence-corrected chi connectivity index (χ3v) is 3.56. The van der Waals surface area contributed by atoms with Crippen molar-refractivity contribution in [2.75, 3.05) is 6.54 Å². The Hall–Kier alpha value is -0.520. The third kappa shape index (κ3) is 2.53. The average Bonchev–Trinajstić information content (AvgIpc) is 2.92. The molecule has 2 unspecified atom stereocenters. The highest BCUT2D eigenvalue weighted by Crippen LogP contribution is 2.33. The molecule has 2 fully saturated rings. The van der Waals surface area contributed by atoms with Crippen molar-refractivity contribution in [2.24, 2.45) is 0 Å². The Kier molecular flexibility index (Phi) is 2.79. The van der Waals surface area contributed by atoms with Gasteiger partial charge in [0.25, 0.3) is 0 Å². The van der Waals surface area contributed by atoms with Gasteiger partial charge in [-0.05, 0) is 40.0 Å². The summed E-state index contributed by atoms with van der Waals surface area (Å²) in [6.45, 7) is 7.68. The second-order valence-corrected chi connectivity index (χ2v) is 5.62. The van der Waals surface area contributed by atoms with Gasteiger partial charge in [0, 0.05) is 24.7 Å². The molecule has 84 valence electrons. The van der Waals surface area contributed by atoms with Crippen LogP contribution in [0.5, 0.6) is 0 Å². The normalized spacial score (nSPS) is 32.9. The first-order valence-electron chi connectivity index (χ1n) is 6.03. The maximum absolute atomic E-state index is 5.50. The lowest BCUT2D eigenvalue weighted by Gasteiger charge is -2.25. The van der Waals surface area contributed by atoms with E-state index in [-0.39, 0.29) is 5.54 Å². The van der Waals surface area contributed by atoms with Crippen LogP contribution in [0, 0.1) is 12.3 Å². The molecule has 1 N–H and O–H groups in total. The molecule has 0 aromatic carbocycles. The first-order valence-corrected chi connectivity index (χ1v) is 6.03. The molecule has 0 aromatic heterocycles. The van der Waals surface area contributed by atoms with E-state index in [1.807, 2.05) is 0 Å². The van der Waals surface area contributed by atoms with Crippen molar-refractivity contribution >= 4 is 0 Å². The van der Waals surface area contributed by atoms with Gasteiger partial charge >= 0.3 is 0 Å². The van der Waals surface area contributed by atoms with E-state index >= 15 is 0 Å². The van der Waals surface area contributed by atoms with E-state index in [2.05, 4.69) is 36.9 Å². The molecule has 2 rings (SSSR count). The summed E-state index contributed by atoms with van der Waals surface area (Å²) in [5.41, 5.74) is -0.163. The van der Waals surface area contributed by atoms with Crippen LogP contribution in [0.4, 0.5) is 0 Å². The summed E-state index contributed by atoms with van der Waals surface area (Å²) < 4.78 is 0. The van der Waals surface area contributed by atoms with E-state index in [0.717, 1.165) is 12.1 Å². The zero-order valence-corrected chi connectivity index (χ0v) is 10.1. The zero-order chi connectivity index (χ0) is 11.1. The van der Waals surface area contributed by atoms with Crippen molar-refractivity contribution in [3.05, 3.63) is 0 Å². The number of hydrogen-bond donors (Lipinski definition) is 1. The molecule has 1 heterocycles. The molecule has 0 radical (unpaired) electrons. The fourth-order valence-corrected chi connectivity index (χ4v) is 2.63.